The van der Waals surface area contributed by atoms with Crippen LogP contribution in [-0.2, 0) is 13.2 Å². The fourth-order valence-corrected chi connectivity index (χ4v) is 1.65. The molecule has 1 aromatic carbocycles. The molecule has 0 saturated carbocycles. The van der Waals surface area contributed by atoms with E-state index >= 15 is 0 Å². The molecular weight excluding hydrogens is 219 g/mol. The lowest BCUT2D eigenvalue weighted by molar-refractivity contribution is -0.136. The third-order valence-electron chi connectivity index (χ3n) is 2.46. The van der Waals surface area contributed by atoms with Crippen molar-refractivity contribution in [1.82, 2.24) is 4.57 Å². The van der Waals surface area contributed by atoms with Gasteiger partial charge in [0.25, 0.3) is 5.56 Å². The standard InChI is InChI=1S/C11H8F3NO/c1-15-9-5-3-2-4-7(9)8(6-10(15)16)11(12,13)14/h2-6H,1H3. The van der Waals surface area contributed by atoms with Crippen LogP contribution in [0.15, 0.2) is 35.1 Å². The number of para-hydroxylation sites is 1. The molecule has 2 rings (SSSR count). The molecule has 0 spiro atoms. The van der Waals surface area contributed by atoms with Crippen LogP contribution in [0.3, 0.4) is 0 Å². The average Bonchev–Trinajstić information content (AvgIpc) is 2.22. The fourth-order valence-electron chi connectivity index (χ4n) is 1.65. The van der Waals surface area contributed by atoms with Gasteiger partial charge in [-0.2, -0.15) is 13.2 Å². The van der Waals surface area contributed by atoms with Crippen molar-refractivity contribution in [3.63, 3.8) is 0 Å². The molecule has 84 valence electrons. The molecule has 0 unspecified atom stereocenters. The second kappa shape index (κ2) is 3.37. The van der Waals surface area contributed by atoms with E-state index in [-0.39, 0.29) is 10.9 Å². The van der Waals surface area contributed by atoms with E-state index < -0.39 is 17.3 Å². The zero-order valence-electron chi connectivity index (χ0n) is 8.38. The lowest BCUT2D eigenvalue weighted by atomic mass is 10.1. The molecule has 0 radical (unpaired) electrons. The molecule has 0 aliphatic carbocycles. The van der Waals surface area contributed by atoms with Gasteiger partial charge in [0.15, 0.2) is 0 Å². The molecule has 0 fully saturated rings. The highest BCUT2D eigenvalue weighted by atomic mass is 19.4. The van der Waals surface area contributed by atoms with E-state index in [0.717, 1.165) is 0 Å². The first-order valence-electron chi connectivity index (χ1n) is 4.57. The van der Waals surface area contributed by atoms with Crippen LogP contribution in [0.4, 0.5) is 13.2 Å². The fraction of sp³-hybridized carbons (Fsp3) is 0.182. The zero-order valence-corrected chi connectivity index (χ0v) is 8.38. The Morgan fingerprint density at radius 1 is 1.19 bits per heavy atom. The van der Waals surface area contributed by atoms with Gasteiger partial charge in [-0.3, -0.25) is 4.79 Å². The van der Waals surface area contributed by atoms with E-state index in [1.165, 1.54) is 29.8 Å². The van der Waals surface area contributed by atoms with Crippen molar-refractivity contribution < 1.29 is 13.2 Å². The van der Waals surface area contributed by atoms with Crippen molar-refractivity contribution in [2.75, 3.05) is 0 Å². The number of aryl methyl sites for hydroxylation is 1. The lowest BCUT2D eigenvalue weighted by Gasteiger charge is -2.12. The molecule has 2 aromatic rings. The van der Waals surface area contributed by atoms with Gasteiger partial charge in [-0.15, -0.1) is 0 Å². The lowest BCUT2D eigenvalue weighted by Crippen LogP contribution is -2.20. The van der Waals surface area contributed by atoms with Crippen LogP contribution in [-0.4, -0.2) is 4.57 Å². The van der Waals surface area contributed by atoms with Crippen molar-refractivity contribution in [1.29, 1.82) is 0 Å². The second-order valence-electron chi connectivity index (χ2n) is 3.47. The quantitative estimate of drug-likeness (QED) is 0.678. The molecule has 0 atom stereocenters. The van der Waals surface area contributed by atoms with Gasteiger partial charge in [-0.25, -0.2) is 0 Å². The summed E-state index contributed by atoms with van der Waals surface area (Å²) in [5.41, 5.74) is -1.26. The number of rotatable bonds is 0. The average molecular weight is 227 g/mol. The summed E-state index contributed by atoms with van der Waals surface area (Å²) in [6.07, 6.45) is -4.51. The van der Waals surface area contributed by atoms with Gasteiger partial charge < -0.3 is 4.57 Å². The monoisotopic (exact) mass is 227 g/mol. The normalized spacial score (nSPS) is 12.0. The first kappa shape index (κ1) is 10.7. The van der Waals surface area contributed by atoms with Crippen molar-refractivity contribution in [2.45, 2.75) is 6.18 Å². The number of pyridine rings is 1. The molecule has 1 heterocycles. The van der Waals surface area contributed by atoms with Crippen LogP contribution >= 0.6 is 0 Å². The number of halogens is 3. The first-order chi connectivity index (χ1) is 7.41. The number of nitrogens with zero attached hydrogens (tertiary/aromatic N) is 1. The minimum atomic E-state index is -4.51. The maximum absolute atomic E-state index is 12.7. The highest BCUT2D eigenvalue weighted by Crippen LogP contribution is 2.33. The predicted molar refractivity (Wildman–Crippen MR) is 54.2 cm³/mol. The Labute approximate surface area is 88.9 Å². The SMILES string of the molecule is Cn1c(=O)cc(C(F)(F)F)c2ccccc21. The van der Waals surface area contributed by atoms with E-state index in [1.807, 2.05) is 0 Å². The number of aromatic nitrogens is 1. The number of fused-ring (bicyclic) bond motifs is 1. The number of hydrogen-bond donors (Lipinski definition) is 0. The molecule has 1 aromatic heterocycles. The molecule has 0 saturated heterocycles. The summed E-state index contributed by atoms with van der Waals surface area (Å²) in [5.74, 6) is 0. The van der Waals surface area contributed by atoms with Gasteiger partial charge in [0.2, 0.25) is 0 Å². The zero-order chi connectivity index (χ0) is 11.9. The Balaban J connectivity index is 2.97. The summed E-state index contributed by atoms with van der Waals surface area (Å²) < 4.78 is 39.2. The number of benzene rings is 1. The second-order valence-corrected chi connectivity index (χ2v) is 3.47. The number of hydrogen-bond acceptors (Lipinski definition) is 1. The smallest absolute Gasteiger partial charge is 0.311 e. The third-order valence-corrected chi connectivity index (χ3v) is 2.46. The summed E-state index contributed by atoms with van der Waals surface area (Å²) in [7, 11) is 1.45. The topological polar surface area (TPSA) is 22.0 Å². The Bertz CT molecular complexity index is 598. The van der Waals surface area contributed by atoms with E-state index in [4.69, 9.17) is 0 Å². The van der Waals surface area contributed by atoms with Gasteiger partial charge >= 0.3 is 6.18 Å². The van der Waals surface area contributed by atoms with Gasteiger partial charge in [0.1, 0.15) is 0 Å². The molecule has 0 aliphatic heterocycles. The van der Waals surface area contributed by atoms with Gasteiger partial charge in [-0.1, -0.05) is 18.2 Å². The molecule has 5 heteroatoms. The molecule has 0 amide bonds. The minimum absolute atomic E-state index is 0.0390. The molecule has 2 nitrogen and oxygen atoms in total. The Morgan fingerprint density at radius 3 is 2.44 bits per heavy atom. The van der Waals surface area contributed by atoms with Crippen LogP contribution in [0.2, 0.25) is 0 Å². The van der Waals surface area contributed by atoms with Gasteiger partial charge in [-0.05, 0) is 6.07 Å². The van der Waals surface area contributed by atoms with Crippen molar-refractivity contribution in [2.24, 2.45) is 7.05 Å². The van der Waals surface area contributed by atoms with E-state index in [2.05, 4.69) is 0 Å². The predicted octanol–water partition coefficient (Wildman–Crippen LogP) is 2.56. The molecule has 16 heavy (non-hydrogen) atoms. The summed E-state index contributed by atoms with van der Waals surface area (Å²) in [5, 5.41) is 0.0390. The van der Waals surface area contributed by atoms with E-state index in [0.29, 0.717) is 6.07 Å². The van der Waals surface area contributed by atoms with Crippen LogP contribution in [0.25, 0.3) is 10.9 Å². The maximum atomic E-state index is 12.7. The molecular formula is C11H8F3NO. The summed E-state index contributed by atoms with van der Waals surface area (Å²) in [4.78, 5) is 11.4. The maximum Gasteiger partial charge on any atom is 0.417 e. The van der Waals surface area contributed by atoms with Crippen LogP contribution in [0.5, 0.6) is 0 Å². The Kier molecular flexibility index (Phi) is 2.26. The molecule has 0 aliphatic rings. The summed E-state index contributed by atoms with van der Waals surface area (Å²) in [6, 6.07) is 6.59. The molecule has 0 bridgehead atoms. The van der Waals surface area contributed by atoms with Crippen molar-refractivity contribution in [3.8, 4) is 0 Å². The summed E-state index contributed by atoms with van der Waals surface area (Å²) >= 11 is 0. The third kappa shape index (κ3) is 1.58. The van der Waals surface area contributed by atoms with Crippen LogP contribution < -0.4 is 5.56 Å². The molecule has 0 N–H and O–H groups in total. The number of alkyl halides is 3. The van der Waals surface area contributed by atoms with Crippen LogP contribution in [0, 0.1) is 0 Å². The Hall–Kier alpha value is -1.78. The van der Waals surface area contributed by atoms with Crippen LogP contribution in [0.1, 0.15) is 5.56 Å². The van der Waals surface area contributed by atoms with E-state index in [1.54, 1.807) is 6.07 Å². The van der Waals surface area contributed by atoms with E-state index in [9.17, 15) is 18.0 Å². The highest BCUT2D eigenvalue weighted by Gasteiger charge is 2.33. The van der Waals surface area contributed by atoms with Crippen molar-refractivity contribution in [3.05, 3.63) is 46.2 Å². The van der Waals surface area contributed by atoms with Crippen molar-refractivity contribution >= 4 is 10.9 Å². The minimum Gasteiger partial charge on any atom is -0.311 e. The van der Waals surface area contributed by atoms with Gasteiger partial charge in [0, 0.05) is 18.5 Å². The highest BCUT2D eigenvalue weighted by molar-refractivity contribution is 5.82. The largest absolute Gasteiger partial charge is 0.417 e. The van der Waals surface area contributed by atoms with Gasteiger partial charge in [0.05, 0.1) is 11.1 Å². The Morgan fingerprint density at radius 2 is 1.81 bits per heavy atom. The first-order valence-corrected chi connectivity index (χ1v) is 4.57. The summed E-state index contributed by atoms with van der Waals surface area (Å²) in [6.45, 7) is 0.